The second kappa shape index (κ2) is 10.4. The van der Waals surface area contributed by atoms with E-state index in [9.17, 15) is 14.4 Å². The number of urea groups is 1. The quantitative estimate of drug-likeness (QED) is 0.653. The van der Waals surface area contributed by atoms with Crippen LogP contribution in [0.5, 0.6) is 0 Å². The number of rotatable bonds is 6. The molecule has 1 aliphatic heterocycles. The molecule has 0 spiro atoms. The summed E-state index contributed by atoms with van der Waals surface area (Å²) in [6, 6.07) is 6.52. The van der Waals surface area contributed by atoms with Crippen molar-refractivity contribution in [2.75, 3.05) is 31.6 Å². The van der Waals surface area contributed by atoms with E-state index in [1.165, 1.54) is 11.3 Å². The third-order valence-corrected chi connectivity index (χ3v) is 5.78. The minimum Gasteiger partial charge on any atom is -0.465 e. The molecule has 2 heterocycles. The Kier molecular flexibility index (Phi) is 7.58. The largest absolute Gasteiger partial charge is 0.465 e. The molecule has 160 valence electrons. The zero-order chi connectivity index (χ0) is 21.5. The van der Waals surface area contributed by atoms with Crippen molar-refractivity contribution in [3.05, 3.63) is 39.3 Å². The number of amides is 3. The van der Waals surface area contributed by atoms with Gasteiger partial charge in [0.2, 0.25) is 5.01 Å². The van der Waals surface area contributed by atoms with Gasteiger partial charge in [0.25, 0.3) is 5.91 Å². The summed E-state index contributed by atoms with van der Waals surface area (Å²) in [5.41, 5.74) is 0.575. The minimum absolute atomic E-state index is 0.0164. The van der Waals surface area contributed by atoms with Crippen molar-refractivity contribution in [3.63, 3.8) is 0 Å². The number of piperidine rings is 1. The maximum atomic E-state index is 12.4. The van der Waals surface area contributed by atoms with Crippen LogP contribution in [-0.2, 0) is 9.53 Å². The van der Waals surface area contributed by atoms with Gasteiger partial charge in [-0.05, 0) is 38.0 Å². The fraction of sp³-hybridized carbons (Fsp3) is 0.421. The highest BCUT2D eigenvalue weighted by Gasteiger charge is 2.28. The number of ether oxygens (including phenoxy) is 1. The van der Waals surface area contributed by atoms with Crippen molar-refractivity contribution in [1.29, 1.82) is 0 Å². The number of anilines is 1. The summed E-state index contributed by atoms with van der Waals surface area (Å²) in [7, 11) is 0. The van der Waals surface area contributed by atoms with E-state index in [0.29, 0.717) is 28.8 Å². The Morgan fingerprint density at radius 3 is 2.93 bits per heavy atom. The molecule has 3 rings (SSSR count). The lowest BCUT2D eigenvalue weighted by molar-refractivity contribution is -0.141. The van der Waals surface area contributed by atoms with E-state index >= 15 is 0 Å². The average Bonchev–Trinajstić information content (AvgIpc) is 3.23. The van der Waals surface area contributed by atoms with Crippen LogP contribution in [0, 0.1) is 0 Å². The Morgan fingerprint density at radius 2 is 2.17 bits per heavy atom. The third-order valence-electron chi connectivity index (χ3n) is 4.46. The van der Waals surface area contributed by atoms with E-state index in [4.69, 9.17) is 16.3 Å². The predicted octanol–water partition coefficient (Wildman–Crippen LogP) is 2.90. The second-order valence-electron chi connectivity index (χ2n) is 6.66. The van der Waals surface area contributed by atoms with Crippen molar-refractivity contribution in [2.24, 2.45) is 0 Å². The van der Waals surface area contributed by atoms with Gasteiger partial charge in [-0.15, -0.1) is 10.2 Å². The van der Waals surface area contributed by atoms with Gasteiger partial charge < -0.3 is 20.3 Å². The summed E-state index contributed by atoms with van der Waals surface area (Å²) in [4.78, 5) is 37.8. The summed E-state index contributed by atoms with van der Waals surface area (Å²) < 4.78 is 4.81. The maximum Gasteiger partial charge on any atom is 0.325 e. The number of esters is 1. The van der Waals surface area contributed by atoms with Crippen LogP contribution < -0.4 is 10.6 Å². The highest BCUT2D eigenvalue weighted by Crippen LogP contribution is 2.29. The van der Waals surface area contributed by atoms with Crippen LogP contribution in [0.15, 0.2) is 24.3 Å². The molecule has 1 aliphatic rings. The number of benzene rings is 1. The SMILES string of the molecule is CCOC(=O)CNC(=O)N1CCCC(c2nnc(C(=O)Nc3cccc(Cl)c3)s2)C1. The molecule has 9 nitrogen and oxygen atoms in total. The van der Waals surface area contributed by atoms with Gasteiger partial charge in [-0.2, -0.15) is 0 Å². The zero-order valence-electron chi connectivity index (χ0n) is 16.4. The zero-order valence-corrected chi connectivity index (χ0v) is 18.0. The highest BCUT2D eigenvalue weighted by atomic mass is 35.5. The van der Waals surface area contributed by atoms with Gasteiger partial charge in [-0.3, -0.25) is 9.59 Å². The molecule has 1 aromatic heterocycles. The van der Waals surface area contributed by atoms with Crippen molar-refractivity contribution in [2.45, 2.75) is 25.7 Å². The van der Waals surface area contributed by atoms with Crippen LogP contribution in [0.1, 0.15) is 40.5 Å². The molecule has 1 unspecified atom stereocenters. The number of nitrogens with one attached hydrogen (secondary N) is 2. The normalized spacial score (nSPS) is 16.1. The Hall–Kier alpha value is -2.72. The van der Waals surface area contributed by atoms with Gasteiger partial charge in [0.15, 0.2) is 0 Å². The van der Waals surface area contributed by atoms with Crippen LogP contribution in [-0.4, -0.2) is 59.2 Å². The first-order chi connectivity index (χ1) is 14.5. The van der Waals surface area contributed by atoms with E-state index < -0.39 is 5.97 Å². The van der Waals surface area contributed by atoms with Crippen molar-refractivity contribution in [3.8, 4) is 0 Å². The number of hydrogen-bond acceptors (Lipinski definition) is 7. The summed E-state index contributed by atoms with van der Waals surface area (Å²) >= 11 is 7.14. The molecular formula is C19H22ClN5O4S. The molecule has 0 bridgehead atoms. The first kappa shape index (κ1) is 22.0. The van der Waals surface area contributed by atoms with E-state index in [1.807, 2.05) is 0 Å². The number of aromatic nitrogens is 2. The molecule has 30 heavy (non-hydrogen) atoms. The molecule has 1 fully saturated rings. The number of nitrogens with zero attached hydrogens (tertiary/aromatic N) is 3. The molecular weight excluding hydrogens is 430 g/mol. The molecule has 0 aliphatic carbocycles. The van der Waals surface area contributed by atoms with E-state index in [1.54, 1.807) is 36.1 Å². The van der Waals surface area contributed by atoms with Gasteiger partial charge in [0.05, 0.1) is 6.61 Å². The summed E-state index contributed by atoms with van der Waals surface area (Å²) in [6.45, 7) is 2.84. The van der Waals surface area contributed by atoms with Crippen LogP contribution in [0.2, 0.25) is 5.02 Å². The molecule has 3 amide bonds. The number of carbonyl (C=O) groups is 3. The molecule has 0 radical (unpaired) electrons. The lowest BCUT2D eigenvalue weighted by Crippen LogP contribution is -2.46. The van der Waals surface area contributed by atoms with Crippen molar-refractivity contribution >= 4 is 46.5 Å². The predicted molar refractivity (Wildman–Crippen MR) is 113 cm³/mol. The number of carbonyl (C=O) groups excluding carboxylic acids is 3. The minimum atomic E-state index is -0.473. The number of likely N-dealkylation sites (tertiary alicyclic amines) is 1. The fourth-order valence-corrected chi connectivity index (χ4v) is 4.13. The Bertz CT molecular complexity index is 922. The van der Waals surface area contributed by atoms with E-state index in [0.717, 1.165) is 12.8 Å². The first-order valence-corrected chi connectivity index (χ1v) is 10.7. The molecule has 1 saturated heterocycles. The Labute approximate surface area is 182 Å². The van der Waals surface area contributed by atoms with Crippen LogP contribution in [0.4, 0.5) is 10.5 Å². The van der Waals surface area contributed by atoms with Crippen LogP contribution in [0.25, 0.3) is 0 Å². The molecule has 0 saturated carbocycles. The summed E-state index contributed by atoms with van der Waals surface area (Å²) in [6.07, 6.45) is 1.63. The van der Waals surface area contributed by atoms with Crippen molar-refractivity contribution in [1.82, 2.24) is 20.4 Å². The Balaban J connectivity index is 1.57. The molecule has 11 heteroatoms. The number of halogens is 1. The average molecular weight is 452 g/mol. The molecule has 1 aromatic carbocycles. The maximum absolute atomic E-state index is 12.4. The lowest BCUT2D eigenvalue weighted by Gasteiger charge is -2.31. The third kappa shape index (κ3) is 5.90. The van der Waals surface area contributed by atoms with Gasteiger partial charge in [-0.25, -0.2) is 4.79 Å². The summed E-state index contributed by atoms with van der Waals surface area (Å²) in [5, 5.41) is 14.9. The van der Waals surface area contributed by atoms with E-state index in [-0.39, 0.29) is 36.0 Å². The standard InChI is InChI=1S/C19H22ClN5O4S/c1-2-29-15(26)10-21-19(28)25-8-4-5-12(11-25)17-23-24-18(30-17)16(27)22-14-7-3-6-13(20)9-14/h3,6-7,9,12H,2,4-5,8,10-11H2,1H3,(H,21,28)(H,22,27). The van der Waals surface area contributed by atoms with E-state index in [2.05, 4.69) is 20.8 Å². The second-order valence-corrected chi connectivity index (χ2v) is 8.10. The topological polar surface area (TPSA) is 114 Å². The summed E-state index contributed by atoms with van der Waals surface area (Å²) in [5.74, 6) is -0.850. The van der Waals surface area contributed by atoms with Gasteiger partial charge in [0, 0.05) is 29.7 Å². The fourth-order valence-electron chi connectivity index (χ4n) is 3.08. The Morgan fingerprint density at radius 1 is 1.33 bits per heavy atom. The molecule has 1 atom stereocenters. The number of hydrogen-bond donors (Lipinski definition) is 2. The van der Waals surface area contributed by atoms with Crippen molar-refractivity contribution < 1.29 is 19.1 Å². The monoisotopic (exact) mass is 451 g/mol. The first-order valence-electron chi connectivity index (χ1n) is 9.55. The van der Waals surface area contributed by atoms with Crippen LogP contribution in [0.3, 0.4) is 0 Å². The lowest BCUT2D eigenvalue weighted by atomic mass is 9.99. The van der Waals surface area contributed by atoms with Gasteiger partial charge >= 0.3 is 12.0 Å². The van der Waals surface area contributed by atoms with Gasteiger partial charge in [0.1, 0.15) is 11.6 Å². The molecule has 2 aromatic rings. The smallest absolute Gasteiger partial charge is 0.325 e. The van der Waals surface area contributed by atoms with Crippen LogP contribution >= 0.6 is 22.9 Å². The van der Waals surface area contributed by atoms with Gasteiger partial charge in [-0.1, -0.05) is 29.0 Å². The highest BCUT2D eigenvalue weighted by molar-refractivity contribution is 7.13. The molecule has 2 N–H and O–H groups in total.